The van der Waals surface area contributed by atoms with E-state index in [4.69, 9.17) is 0 Å². The molecule has 1 radical (unpaired) electrons. The molecule has 2 nitrogen and oxygen atoms in total. The van der Waals surface area contributed by atoms with Crippen LogP contribution in [0, 0.1) is 0 Å². The summed E-state index contributed by atoms with van der Waals surface area (Å²) in [6.45, 7) is 0. The van der Waals surface area contributed by atoms with Gasteiger partial charge in [-0.3, -0.25) is 0 Å². The maximum Gasteiger partial charge on any atom is 0.0495 e. The van der Waals surface area contributed by atoms with Gasteiger partial charge in [-0.25, -0.2) is 0 Å². The Morgan fingerprint density at radius 2 is 2.00 bits per heavy atom. The van der Waals surface area contributed by atoms with Gasteiger partial charge < -0.3 is 0 Å². The van der Waals surface area contributed by atoms with E-state index in [1.165, 1.54) is 0 Å². The van der Waals surface area contributed by atoms with E-state index >= 15 is 0 Å². The van der Waals surface area contributed by atoms with Crippen molar-refractivity contribution in [2.75, 3.05) is 0 Å². The Bertz CT molecular complexity index is 108. The quantitative estimate of drug-likeness (QED) is 0.420. The summed E-state index contributed by atoms with van der Waals surface area (Å²) in [5, 5.41) is 3.60. The van der Waals surface area contributed by atoms with Crippen LogP contribution in [0.4, 0.5) is 0 Å². The summed E-state index contributed by atoms with van der Waals surface area (Å²) in [4.78, 5) is 0. The van der Waals surface area contributed by atoms with E-state index in [1.54, 1.807) is 12.4 Å². The van der Waals surface area contributed by atoms with E-state index in [1.807, 2.05) is 18.2 Å². The second-order valence-corrected chi connectivity index (χ2v) is 1.11. The van der Waals surface area contributed by atoms with Crippen LogP contribution in [0.2, 0.25) is 0 Å². The molecule has 0 aromatic carbocycles. The van der Waals surface area contributed by atoms with Gasteiger partial charge in [0.2, 0.25) is 0 Å². The molecule has 0 N–H and O–H groups in total. The van der Waals surface area contributed by atoms with Crippen molar-refractivity contribution in [3.63, 3.8) is 0 Å². The van der Waals surface area contributed by atoms with E-state index in [0.717, 1.165) is 0 Å². The van der Waals surface area contributed by atoms with Crippen LogP contribution in [0.25, 0.3) is 0 Å². The Morgan fingerprint density at radius 3 is 3.00 bits per heavy atom. The van der Waals surface area contributed by atoms with Gasteiger partial charge in [0.1, 0.15) is 0 Å². The highest BCUT2D eigenvalue weighted by Gasteiger charge is 1.71. The molecule has 0 aromatic heterocycles. The summed E-state index contributed by atoms with van der Waals surface area (Å²) in [6, 6.07) is 0. The summed E-state index contributed by atoms with van der Waals surface area (Å²) in [7, 11) is 0. The van der Waals surface area contributed by atoms with Crippen LogP contribution in [0.5, 0.6) is 0 Å². The van der Waals surface area contributed by atoms with E-state index in [0.29, 0.717) is 0 Å². The molecule has 0 atom stereocenters. The highest BCUT2D eigenvalue weighted by molar-refractivity contribution is 5.71. The molecule has 0 amide bonds. The third-order valence-corrected chi connectivity index (χ3v) is 0.594. The zero-order valence-corrected chi connectivity index (χ0v) is 3.78. The second kappa shape index (κ2) is 2.18. The molecule has 0 saturated carbocycles. The molecule has 0 aromatic rings. The molecule has 0 fully saturated rings. The first-order valence-electron chi connectivity index (χ1n) is 2.05. The zero-order valence-electron chi connectivity index (χ0n) is 3.78. The molecule has 0 bridgehead atoms. The lowest BCUT2D eigenvalue weighted by Gasteiger charge is -1.72. The van der Waals surface area contributed by atoms with Gasteiger partial charge in [-0.15, -0.1) is 0 Å². The molecule has 0 spiro atoms. The minimum absolute atomic E-state index is 1.64. The fraction of sp³-hybridized carbons (Fsp3) is 0. The molecule has 0 aliphatic carbocycles. The van der Waals surface area contributed by atoms with Gasteiger partial charge in [-0.05, 0) is 12.2 Å². The summed E-state index contributed by atoms with van der Waals surface area (Å²) >= 11 is 0. The molecule has 35 valence electrons. The van der Waals surface area contributed by atoms with E-state index < -0.39 is 0 Å². The Labute approximate surface area is 42.2 Å². The predicted octanol–water partition coefficient (Wildman–Crippen LogP) is 0.660. The molecule has 0 saturated heterocycles. The third-order valence-electron chi connectivity index (χ3n) is 0.594. The second-order valence-electron chi connectivity index (χ2n) is 1.11. The zero-order chi connectivity index (χ0) is 4.95. The fourth-order valence-corrected chi connectivity index (χ4v) is 0.317. The van der Waals surface area contributed by atoms with Crippen LogP contribution in [0.1, 0.15) is 0 Å². The summed E-state index contributed by atoms with van der Waals surface area (Å²) < 4.78 is 0. The summed E-state index contributed by atoms with van der Waals surface area (Å²) in [5.41, 5.74) is 3.60. The third kappa shape index (κ3) is 1.22. The van der Waals surface area contributed by atoms with Crippen LogP contribution in [-0.2, 0) is 0 Å². The lowest BCUT2D eigenvalue weighted by atomic mass is 10.5. The highest BCUT2D eigenvalue weighted by atomic mass is 15.3. The topological polar surface area (TPSA) is 26.5 Å². The van der Waals surface area contributed by atoms with E-state index in [9.17, 15) is 0 Å². The van der Waals surface area contributed by atoms with Crippen molar-refractivity contribution in [2.24, 2.45) is 5.10 Å². The minimum atomic E-state index is 1.64. The molecule has 2 heteroatoms. The minimum Gasteiger partial charge on any atom is -0.159 e. The largest absolute Gasteiger partial charge is 0.159 e. The Hall–Kier alpha value is -1.05. The summed E-state index contributed by atoms with van der Waals surface area (Å²) in [6.07, 6.45) is 8.81. The molecular weight excluding hydrogens is 88.1 g/mol. The van der Waals surface area contributed by atoms with Crippen molar-refractivity contribution >= 4 is 6.21 Å². The van der Waals surface area contributed by atoms with Gasteiger partial charge in [-0.1, -0.05) is 6.08 Å². The molecule has 1 aliphatic rings. The first kappa shape index (κ1) is 4.12. The van der Waals surface area contributed by atoms with E-state index in [2.05, 4.69) is 10.5 Å². The molecule has 7 heavy (non-hydrogen) atoms. The Kier molecular flexibility index (Phi) is 1.28. The van der Waals surface area contributed by atoms with Crippen molar-refractivity contribution < 1.29 is 0 Å². The Balaban J connectivity index is 2.60. The first-order valence-corrected chi connectivity index (χ1v) is 2.05. The highest BCUT2D eigenvalue weighted by Crippen LogP contribution is 1.78. The summed E-state index contributed by atoms with van der Waals surface area (Å²) in [5.74, 6) is 0. The molecule has 1 rings (SSSR count). The van der Waals surface area contributed by atoms with Crippen molar-refractivity contribution in [2.45, 2.75) is 0 Å². The van der Waals surface area contributed by atoms with Crippen molar-refractivity contribution in [3.05, 3.63) is 24.4 Å². The molecule has 1 heterocycles. The van der Waals surface area contributed by atoms with Crippen LogP contribution in [-0.4, -0.2) is 6.21 Å². The van der Waals surface area contributed by atoms with Crippen LogP contribution >= 0.6 is 0 Å². The lowest BCUT2D eigenvalue weighted by molar-refractivity contribution is 0.958. The monoisotopic (exact) mass is 93.0 g/mol. The Morgan fingerprint density at radius 1 is 1.00 bits per heavy atom. The standard InChI is InChI=1S/C5H5N2/c1-2-4-6-7-5-3-1/h1-5H. The van der Waals surface area contributed by atoms with Crippen molar-refractivity contribution in [1.82, 2.24) is 5.43 Å². The number of rotatable bonds is 0. The number of allylic oxidation sites excluding steroid dienone is 3. The molecule has 0 unspecified atom stereocenters. The van der Waals surface area contributed by atoms with Crippen molar-refractivity contribution in [1.29, 1.82) is 0 Å². The van der Waals surface area contributed by atoms with Crippen LogP contribution in [0.3, 0.4) is 0 Å². The molecular formula is C5H5N2. The maximum atomic E-state index is 3.60. The van der Waals surface area contributed by atoms with Crippen molar-refractivity contribution in [3.8, 4) is 0 Å². The number of hydrogen-bond acceptors (Lipinski definition) is 1. The average molecular weight is 93.1 g/mol. The normalized spacial score (nSPS) is 16.0. The van der Waals surface area contributed by atoms with Gasteiger partial charge in [-0.2, -0.15) is 10.5 Å². The van der Waals surface area contributed by atoms with Gasteiger partial charge in [0, 0.05) is 12.4 Å². The smallest absolute Gasteiger partial charge is 0.0495 e. The number of hydrogen-bond donors (Lipinski definition) is 0. The fourth-order valence-electron chi connectivity index (χ4n) is 0.317. The maximum absolute atomic E-state index is 3.60. The average Bonchev–Trinajstić information content (AvgIpc) is 1.90. The SMILES string of the molecule is C1=CC=N[N]C=C1. The van der Waals surface area contributed by atoms with E-state index in [-0.39, 0.29) is 0 Å². The van der Waals surface area contributed by atoms with Crippen LogP contribution in [0.15, 0.2) is 29.5 Å². The predicted molar refractivity (Wildman–Crippen MR) is 28.9 cm³/mol. The van der Waals surface area contributed by atoms with Gasteiger partial charge in [0.15, 0.2) is 0 Å². The first-order chi connectivity index (χ1) is 3.50. The van der Waals surface area contributed by atoms with Gasteiger partial charge in [0.05, 0.1) is 0 Å². The molecule has 1 aliphatic heterocycles. The van der Waals surface area contributed by atoms with Gasteiger partial charge >= 0.3 is 0 Å². The number of nitrogens with zero attached hydrogens (tertiary/aromatic N) is 2. The van der Waals surface area contributed by atoms with Crippen LogP contribution < -0.4 is 5.43 Å². The van der Waals surface area contributed by atoms with Gasteiger partial charge in [0.25, 0.3) is 0 Å². The lowest BCUT2D eigenvalue weighted by Crippen LogP contribution is -1.77.